The first-order valence-corrected chi connectivity index (χ1v) is 8.92. The van der Waals surface area contributed by atoms with Gasteiger partial charge in [0.2, 0.25) is 0 Å². The maximum Gasteiger partial charge on any atom is 0.0335 e. The van der Waals surface area contributed by atoms with E-state index in [1.165, 1.54) is 68.9 Å². The SMILES string of the molecule is CCCCCCCCCC(NCCC)c1cncc(C)c1. The topological polar surface area (TPSA) is 24.9 Å². The highest BCUT2D eigenvalue weighted by Gasteiger charge is 2.10. The summed E-state index contributed by atoms with van der Waals surface area (Å²) >= 11 is 0. The van der Waals surface area contributed by atoms with E-state index in [2.05, 4.69) is 37.1 Å². The molecule has 120 valence electrons. The number of hydrogen-bond acceptors (Lipinski definition) is 2. The van der Waals surface area contributed by atoms with Crippen molar-refractivity contribution >= 4 is 0 Å². The van der Waals surface area contributed by atoms with E-state index in [4.69, 9.17) is 0 Å². The molecule has 0 amide bonds. The number of aryl methyl sites for hydroxylation is 1. The lowest BCUT2D eigenvalue weighted by molar-refractivity contribution is 0.464. The molecule has 1 aromatic rings. The molecule has 0 aliphatic heterocycles. The Bertz CT molecular complexity index is 362. The highest BCUT2D eigenvalue weighted by atomic mass is 14.9. The Labute approximate surface area is 131 Å². The van der Waals surface area contributed by atoms with Gasteiger partial charge >= 0.3 is 0 Å². The molecule has 0 bridgehead atoms. The molecule has 0 saturated carbocycles. The van der Waals surface area contributed by atoms with Crippen molar-refractivity contribution in [1.82, 2.24) is 10.3 Å². The Hall–Kier alpha value is -0.890. The summed E-state index contributed by atoms with van der Waals surface area (Å²) in [6.07, 6.45) is 16.0. The molecule has 1 N–H and O–H groups in total. The number of rotatable bonds is 12. The summed E-state index contributed by atoms with van der Waals surface area (Å²) in [5.74, 6) is 0. The van der Waals surface area contributed by atoms with Crippen LogP contribution >= 0.6 is 0 Å². The van der Waals surface area contributed by atoms with Crippen molar-refractivity contribution in [1.29, 1.82) is 0 Å². The van der Waals surface area contributed by atoms with Crippen molar-refractivity contribution in [3.63, 3.8) is 0 Å². The average molecular weight is 290 g/mol. The number of pyridine rings is 1. The zero-order valence-corrected chi connectivity index (χ0v) is 14.3. The predicted molar refractivity (Wildman–Crippen MR) is 92.6 cm³/mol. The fourth-order valence-electron chi connectivity index (χ4n) is 2.78. The first-order chi connectivity index (χ1) is 10.3. The highest BCUT2D eigenvalue weighted by molar-refractivity contribution is 5.20. The second-order valence-corrected chi connectivity index (χ2v) is 6.21. The molecule has 1 rings (SSSR count). The molecule has 1 aromatic heterocycles. The van der Waals surface area contributed by atoms with E-state index in [-0.39, 0.29) is 0 Å². The number of nitrogens with one attached hydrogen (secondary N) is 1. The maximum absolute atomic E-state index is 4.35. The molecule has 0 spiro atoms. The summed E-state index contributed by atoms with van der Waals surface area (Å²) < 4.78 is 0. The molecule has 0 fully saturated rings. The van der Waals surface area contributed by atoms with Crippen molar-refractivity contribution in [2.24, 2.45) is 0 Å². The van der Waals surface area contributed by atoms with Crippen LogP contribution in [0, 0.1) is 6.92 Å². The number of unbranched alkanes of at least 4 members (excludes halogenated alkanes) is 6. The van der Waals surface area contributed by atoms with Gasteiger partial charge in [-0.15, -0.1) is 0 Å². The summed E-state index contributed by atoms with van der Waals surface area (Å²) in [4.78, 5) is 4.35. The molecule has 0 aliphatic carbocycles. The standard InChI is InChI=1S/C19H34N2/c1-4-6-7-8-9-10-11-12-19(21-13-5-2)18-14-17(3)15-20-16-18/h14-16,19,21H,4-13H2,1-3H3. The van der Waals surface area contributed by atoms with Gasteiger partial charge in [0.25, 0.3) is 0 Å². The first kappa shape index (κ1) is 18.2. The fourth-order valence-corrected chi connectivity index (χ4v) is 2.78. The molecule has 21 heavy (non-hydrogen) atoms. The summed E-state index contributed by atoms with van der Waals surface area (Å²) in [7, 11) is 0. The van der Waals surface area contributed by atoms with Gasteiger partial charge in [-0.2, -0.15) is 0 Å². The van der Waals surface area contributed by atoms with Crippen LogP contribution in [0.5, 0.6) is 0 Å². The Kier molecular flexibility index (Phi) is 10.1. The molecule has 0 saturated heterocycles. The normalized spacial score (nSPS) is 12.5. The molecule has 1 heterocycles. The van der Waals surface area contributed by atoms with Crippen molar-refractivity contribution < 1.29 is 0 Å². The summed E-state index contributed by atoms with van der Waals surface area (Å²) in [5, 5.41) is 3.68. The Morgan fingerprint density at radius 1 is 0.952 bits per heavy atom. The minimum Gasteiger partial charge on any atom is -0.310 e. The molecule has 1 unspecified atom stereocenters. The third kappa shape index (κ3) is 8.21. The number of nitrogens with zero attached hydrogens (tertiary/aromatic N) is 1. The lowest BCUT2D eigenvalue weighted by Gasteiger charge is -2.19. The van der Waals surface area contributed by atoms with Crippen LogP contribution in [0.2, 0.25) is 0 Å². The summed E-state index contributed by atoms with van der Waals surface area (Å²) in [5.41, 5.74) is 2.62. The number of hydrogen-bond donors (Lipinski definition) is 1. The summed E-state index contributed by atoms with van der Waals surface area (Å²) in [6, 6.07) is 2.76. The van der Waals surface area contributed by atoms with Gasteiger partial charge in [0.1, 0.15) is 0 Å². The van der Waals surface area contributed by atoms with E-state index in [1.807, 2.05) is 12.4 Å². The van der Waals surface area contributed by atoms with Crippen molar-refractivity contribution in [2.75, 3.05) is 6.54 Å². The molecular formula is C19H34N2. The van der Waals surface area contributed by atoms with Crippen LogP contribution in [0.4, 0.5) is 0 Å². The predicted octanol–water partition coefficient (Wildman–Crippen LogP) is 5.57. The van der Waals surface area contributed by atoms with Crippen LogP contribution in [0.25, 0.3) is 0 Å². The molecule has 2 nitrogen and oxygen atoms in total. The number of aromatic nitrogens is 1. The highest BCUT2D eigenvalue weighted by Crippen LogP contribution is 2.21. The molecule has 0 radical (unpaired) electrons. The van der Waals surface area contributed by atoms with E-state index in [9.17, 15) is 0 Å². The van der Waals surface area contributed by atoms with Crippen molar-refractivity contribution in [3.8, 4) is 0 Å². The third-order valence-electron chi connectivity index (χ3n) is 4.04. The van der Waals surface area contributed by atoms with Gasteiger partial charge in [-0.05, 0) is 37.4 Å². The van der Waals surface area contributed by atoms with Crippen LogP contribution in [0.1, 0.15) is 88.8 Å². The Morgan fingerprint density at radius 3 is 2.33 bits per heavy atom. The van der Waals surface area contributed by atoms with Gasteiger partial charge < -0.3 is 5.32 Å². The van der Waals surface area contributed by atoms with E-state index >= 15 is 0 Å². The molecule has 1 atom stereocenters. The quantitative estimate of drug-likeness (QED) is 0.509. The van der Waals surface area contributed by atoms with Gasteiger partial charge in [-0.25, -0.2) is 0 Å². The van der Waals surface area contributed by atoms with Crippen LogP contribution in [-0.4, -0.2) is 11.5 Å². The third-order valence-corrected chi connectivity index (χ3v) is 4.04. The Balaban J connectivity index is 2.33. The first-order valence-electron chi connectivity index (χ1n) is 8.92. The second kappa shape index (κ2) is 11.7. The van der Waals surface area contributed by atoms with Crippen LogP contribution in [0.3, 0.4) is 0 Å². The minimum atomic E-state index is 0.480. The van der Waals surface area contributed by atoms with E-state index in [0.29, 0.717) is 6.04 Å². The molecular weight excluding hydrogens is 256 g/mol. The van der Waals surface area contributed by atoms with Gasteiger partial charge in [0.15, 0.2) is 0 Å². The zero-order chi connectivity index (χ0) is 15.3. The maximum atomic E-state index is 4.35. The lowest BCUT2D eigenvalue weighted by Crippen LogP contribution is -2.22. The van der Waals surface area contributed by atoms with Crippen LogP contribution < -0.4 is 5.32 Å². The van der Waals surface area contributed by atoms with Crippen LogP contribution in [0.15, 0.2) is 18.5 Å². The smallest absolute Gasteiger partial charge is 0.0335 e. The van der Waals surface area contributed by atoms with Crippen molar-refractivity contribution in [2.45, 2.75) is 84.6 Å². The molecule has 0 aromatic carbocycles. The molecule has 2 heteroatoms. The van der Waals surface area contributed by atoms with E-state index in [0.717, 1.165) is 6.54 Å². The van der Waals surface area contributed by atoms with Gasteiger partial charge in [0, 0.05) is 18.4 Å². The van der Waals surface area contributed by atoms with Gasteiger partial charge in [-0.3, -0.25) is 4.98 Å². The Morgan fingerprint density at radius 2 is 1.67 bits per heavy atom. The monoisotopic (exact) mass is 290 g/mol. The van der Waals surface area contributed by atoms with E-state index in [1.54, 1.807) is 0 Å². The lowest BCUT2D eigenvalue weighted by atomic mass is 9.99. The second-order valence-electron chi connectivity index (χ2n) is 6.21. The van der Waals surface area contributed by atoms with E-state index < -0.39 is 0 Å². The van der Waals surface area contributed by atoms with Crippen molar-refractivity contribution in [3.05, 3.63) is 29.6 Å². The zero-order valence-electron chi connectivity index (χ0n) is 14.3. The van der Waals surface area contributed by atoms with Gasteiger partial charge in [0.05, 0.1) is 0 Å². The molecule has 0 aliphatic rings. The fraction of sp³-hybridized carbons (Fsp3) is 0.737. The van der Waals surface area contributed by atoms with Crippen LogP contribution in [-0.2, 0) is 0 Å². The average Bonchev–Trinajstić information content (AvgIpc) is 2.49. The largest absolute Gasteiger partial charge is 0.310 e. The minimum absolute atomic E-state index is 0.480. The summed E-state index contributed by atoms with van der Waals surface area (Å²) in [6.45, 7) is 7.72. The van der Waals surface area contributed by atoms with Gasteiger partial charge in [-0.1, -0.05) is 64.9 Å².